The fourth-order valence-electron chi connectivity index (χ4n) is 3.73. The van der Waals surface area contributed by atoms with Crippen LogP contribution in [0.5, 0.6) is 0 Å². The van der Waals surface area contributed by atoms with Gasteiger partial charge in [-0.3, -0.25) is 10.2 Å². The molecule has 0 radical (unpaired) electrons. The van der Waals surface area contributed by atoms with Gasteiger partial charge in [0.25, 0.3) is 0 Å². The summed E-state index contributed by atoms with van der Waals surface area (Å²) in [7, 11) is 0. The van der Waals surface area contributed by atoms with Crippen LogP contribution >= 0.6 is 11.3 Å². The van der Waals surface area contributed by atoms with Crippen molar-refractivity contribution in [3.63, 3.8) is 0 Å². The van der Waals surface area contributed by atoms with E-state index in [1.54, 1.807) is 11.3 Å². The van der Waals surface area contributed by atoms with Crippen molar-refractivity contribution in [3.8, 4) is 10.4 Å². The first-order chi connectivity index (χ1) is 11.7. The van der Waals surface area contributed by atoms with Crippen LogP contribution in [0.25, 0.3) is 10.4 Å². The number of piperidine rings is 3. The Morgan fingerprint density at radius 2 is 2.00 bits per heavy atom. The molecule has 4 nitrogen and oxygen atoms in total. The number of benzene rings is 1. The molecule has 126 valence electrons. The minimum Gasteiger partial charge on any atom is -0.444 e. The van der Waals surface area contributed by atoms with E-state index in [1.165, 1.54) is 4.88 Å². The smallest absolute Gasteiger partial charge is 0.411 e. The first-order valence-electron chi connectivity index (χ1n) is 8.55. The number of ether oxygens (including phenoxy) is 1. The molecule has 2 aromatic rings. The number of thiophene rings is 1. The van der Waals surface area contributed by atoms with E-state index in [2.05, 4.69) is 29.3 Å². The van der Waals surface area contributed by atoms with Crippen molar-refractivity contribution in [1.29, 1.82) is 0 Å². The van der Waals surface area contributed by atoms with Gasteiger partial charge in [0.1, 0.15) is 6.10 Å². The number of carbonyl (C=O) groups is 1. The molecule has 1 aromatic heterocycles. The van der Waals surface area contributed by atoms with Crippen LogP contribution in [0.15, 0.2) is 36.4 Å². The molecule has 2 bridgehead atoms. The van der Waals surface area contributed by atoms with Crippen LogP contribution in [0.2, 0.25) is 0 Å². The van der Waals surface area contributed by atoms with E-state index in [-0.39, 0.29) is 12.2 Å². The van der Waals surface area contributed by atoms with Crippen LogP contribution in [0.1, 0.15) is 17.7 Å². The third kappa shape index (κ3) is 3.19. The van der Waals surface area contributed by atoms with Gasteiger partial charge in [-0.05, 0) is 50.4 Å². The molecule has 5 rings (SSSR count). The molecule has 4 heterocycles. The number of carbonyl (C=O) groups excluding carboxylic acids is 1. The number of fused-ring (bicyclic) bond motifs is 3. The van der Waals surface area contributed by atoms with Crippen molar-refractivity contribution in [1.82, 2.24) is 4.90 Å². The zero-order valence-electron chi connectivity index (χ0n) is 13.8. The molecule has 0 aliphatic carbocycles. The van der Waals surface area contributed by atoms with Gasteiger partial charge in [-0.15, -0.1) is 11.3 Å². The van der Waals surface area contributed by atoms with Gasteiger partial charge in [0.2, 0.25) is 0 Å². The lowest BCUT2D eigenvalue weighted by Gasteiger charge is -2.43. The van der Waals surface area contributed by atoms with Gasteiger partial charge in [-0.25, -0.2) is 4.79 Å². The quantitative estimate of drug-likeness (QED) is 0.901. The maximum Gasteiger partial charge on any atom is 0.411 e. The minimum absolute atomic E-state index is 0.0346. The summed E-state index contributed by atoms with van der Waals surface area (Å²) in [5.41, 5.74) is 1.96. The normalized spacial score (nSPS) is 25.5. The van der Waals surface area contributed by atoms with Crippen LogP contribution in [0.4, 0.5) is 10.5 Å². The Kier molecular flexibility index (Phi) is 4.29. The fraction of sp³-hybridized carbons (Fsp3) is 0.421. The van der Waals surface area contributed by atoms with E-state index >= 15 is 0 Å². The number of rotatable bonds is 3. The lowest BCUT2D eigenvalue weighted by Crippen LogP contribution is -2.52. The van der Waals surface area contributed by atoms with Crippen molar-refractivity contribution in [3.05, 3.63) is 41.3 Å². The van der Waals surface area contributed by atoms with Crippen LogP contribution in [-0.2, 0) is 4.74 Å². The number of hydrogen-bond donors (Lipinski definition) is 1. The second-order valence-electron chi connectivity index (χ2n) is 6.67. The highest BCUT2D eigenvalue weighted by molar-refractivity contribution is 7.16. The number of nitrogens with zero attached hydrogens (tertiary/aromatic N) is 1. The average molecular weight is 342 g/mol. The summed E-state index contributed by atoms with van der Waals surface area (Å²) in [6.45, 7) is 5.23. The Balaban J connectivity index is 1.46. The maximum absolute atomic E-state index is 12.4. The second-order valence-corrected chi connectivity index (χ2v) is 7.93. The third-order valence-corrected chi connectivity index (χ3v) is 6.08. The Morgan fingerprint density at radius 3 is 2.67 bits per heavy atom. The molecule has 0 saturated carbocycles. The van der Waals surface area contributed by atoms with Gasteiger partial charge in [0.15, 0.2) is 0 Å². The fourth-order valence-corrected chi connectivity index (χ4v) is 4.70. The molecular formula is C19H22N2O2S. The molecule has 5 heteroatoms. The number of hydrogen-bond acceptors (Lipinski definition) is 4. The minimum atomic E-state index is -0.330. The van der Waals surface area contributed by atoms with E-state index in [9.17, 15) is 4.79 Å². The molecule has 1 N–H and O–H groups in total. The topological polar surface area (TPSA) is 41.6 Å². The van der Waals surface area contributed by atoms with Crippen molar-refractivity contribution >= 4 is 23.1 Å². The first-order valence-corrected chi connectivity index (χ1v) is 9.36. The van der Waals surface area contributed by atoms with Gasteiger partial charge in [-0.1, -0.05) is 30.3 Å². The average Bonchev–Trinajstić information content (AvgIpc) is 2.97. The van der Waals surface area contributed by atoms with E-state index < -0.39 is 0 Å². The van der Waals surface area contributed by atoms with Crippen molar-refractivity contribution in [2.75, 3.05) is 25.0 Å². The van der Waals surface area contributed by atoms with Crippen LogP contribution in [0.3, 0.4) is 0 Å². The Hall–Kier alpha value is -1.85. The van der Waals surface area contributed by atoms with Gasteiger partial charge in [0.05, 0.1) is 10.6 Å². The number of anilines is 1. The summed E-state index contributed by atoms with van der Waals surface area (Å²) in [4.78, 5) is 17.0. The molecule has 1 amide bonds. The standard InChI is InChI=1S/C19H22N2O2S/c1-13-11-16(18(24-13)15-5-3-2-4-6-15)20-19(22)23-17-12-21-9-7-14(17)8-10-21/h2-6,11,14,17H,7-10,12H2,1H3,(H,20,22)/t17-/m0/s1. The molecule has 3 aliphatic rings. The molecule has 1 atom stereocenters. The highest BCUT2D eigenvalue weighted by Gasteiger charge is 2.36. The summed E-state index contributed by atoms with van der Waals surface area (Å²) in [5, 5.41) is 2.97. The van der Waals surface area contributed by atoms with E-state index in [1.807, 2.05) is 24.3 Å². The molecule has 0 spiro atoms. The van der Waals surface area contributed by atoms with Crippen molar-refractivity contribution in [2.45, 2.75) is 25.9 Å². The van der Waals surface area contributed by atoms with Crippen molar-refractivity contribution in [2.24, 2.45) is 5.92 Å². The van der Waals surface area contributed by atoms with Gasteiger partial charge >= 0.3 is 6.09 Å². The van der Waals surface area contributed by atoms with Gasteiger partial charge in [-0.2, -0.15) is 0 Å². The Bertz CT molecular complexity index is 720. The summed E-state index contributed by atoms with van der Waals surface area (Å²) in [6, 6.07) is 12.2. The second kappa shape index (κ2) is 6.57. The zero-order valence-corrected chi connectivity index (χ0v) is 14.6. The number of nitrogens with one attached hydrogen (secondary N) is 1. The van der Waals surface area contributed by atoms with Crippen LogP contribution in [0, 0.1) is 12.8 Å². The molecule has 1 aromatic carbocycles. The molecular weight excluding hydrogens is 320 g/mol. The predicted molar refractivity (Wildman–Crippen MR) is 97.5 cm³/mol. The summed E-state index contributed by atoms with van der Waals surface area (Å²) in [5.74, 6) is 0.526. The zero-order chi connectivity index (χ0) is 16.5. The predicted octanol–water partition coefficient (Wildman–Crippen LogP) is 4.37. The summed E-state index contributed by atoms with van der Waals surface area (Å²) < 4.78 is 5.74. The maximum atomic E-state index is 12.4. The van der Waals surface area contributed by atoms with Gasteiger partial charge < -0.3 is 4.74 Å². The number of amides is 1. The monoisotopic (exact) mass is 342 g/mol. The largest absolute Gasteiger partial charge is 0.444 e. The molecule has 0 unspecified atom stereocenters. The highest BCUT2D eigenvalue weighted by Crippen LogP contribution is 2.37. The Morgan fingerprint density at radius 1 is 1.25 bits per heavy atom. The summed E-state index contributed by atoms with van der Waals surface area (Å²) >= 11 is 1.69. The third-order valence-electron chi connectivity index (χ3n) is 4.98. The Labute approximate surface area is 146 Å². The SMILES string of the molecule is Cc1cc(NC(=O)O[C@H]2CN3CCC2CC3)c(-c2ccccc2)s1. The molecule has 3 aliphatic heterocycles. The van der Waals surface area contributed by atoms with Crippen LogP contribution in [-0.4, -0.2) is 36.7 Å². The summed E-state index contributed by atoms with van der Waals surface area (Å²) in [6.07, 6.45) is 1.99. The lowest BCUT2D eigenvalue weighted by atomic mass is 9.86. The number of aryl methyl sites for hydroxylation is 1. The van der Waals surface area contributed by atoms with Gasteiger partial charge in [0, 0.05) is 11.4 Å². The molecule has 3 fully saturated rings. The van der Waals surface area contributed by atoms with E-state index in [4.69, 9.17) is 4.74 Å². The van der Waals surface area contributed by atoms with E-state index in [0.717, 1.165) is 48.6 Å². The lowest BCUT2D eigenvalue weighted by molar-refractivity contribution is -0.0289. The molecule has 24 heavy (non-hydrogen) atoms. The van der Waals surface area contributed by atoms with Crippen molar-refractivity contribution < 1.29 is 9.53 Å². The van der Waals surface area contributed by atoms with E-state index in [0.29, 0.717) is 5.92 Å². The molecule has 3 saturated heterocycles. The van der Waals surface area contributed by atoms with Crippen LogP contribution < -0.4 is 5.32 Å². The highest BCUT2D eigenvalue weighted by atomic mass is 32.1. The first kappa shape index (κ1) is 15.7.